The van der Waals surface area contributed by atoms with Gasteiger partial charge in [-0.2, -0.15) is 0 Å². The first-order valence-electron chi connectivity index (χ1n) is 5.61. The highest BCUT2D eigenvalue weighted by atomic mass is 16.5. The molecule has 1 aromatic rings. The number of hydrogen-bond acceptors (Lipinski definition) is 4. The Labute approximate surface area is 100 Å². The molecule has 0 aromatic carbocycles. The zero-order chi connectivity index (χ0) is 12.5. The second-order valence-corrected chi connectivity index (χ2v) is 4.66. The molecule has 1 aliphatic heterocycles. The number of aromatic nitrogens is 1. The van der Waals surface area contributed by atoms with Crippen LogP contribution in [0.1, 0.15) is 12.6 Å². The Morgan fingerprint density at radius 1 is 1.65 bits per heavy atom. The number of nitrogens with two attached hydrogens (primary N) is 1. The van der Waals surface area contributed by atoms with E-state index in [2.05, 4.69) is 10.3 Å². The number of amides is 1. The first-order valence-corrected chi connectivity index (χ1v) is 5.61. The molecular weight excluding hydrogens is 218 g/mol. The maximum atomic E-state index is 12.1. The Hall–Kier alpha value is -1.46. The van der Waals surface area contributed by atoms with Gasteiger partial charge in [0.2, 0.25) is 5.91 Å². The molecule has 0 aliphatic carbocycles. The Morgan fingerprint density at radius 2 is 2.41 bits per heavy atom. The fraction of sp³-hybridized carbons (Fsp3) is 0.500. The summed E-state index contributed by atoms with van der Waals surface area (Å²) in [4.78, 5) is 16.4. The molecule has 1 fully saturated rings. The third-order valence-electron chi connectivity index (χ3n) is 3.17. The standard InChI is InChI=1S/C12H17N3O2/c1-8-4-3-5-10(14-8)15-11(16)12(2)7-17-6-9(12)13/h3-5,9H,6-7,13H2,1-2H3,(H,14,15,16). The van der Waals surface area contributed by atoms with Crippen LogP contribution in [0.3, 0.4) is 0 Å². The zero-order valence-electron chi connectivity index (χ0n) is 10.1. The van der Waals surface area contributed by atoms with Gasteiger partial charge in [0, 0.05) is 11.7 Å². The predicted octanol–water partition coefficient (Wildman–Crippen LogP) is 0.692. The summed E-state index contributed by atoms with van der Waals surface area (Å²) in [7, 11) is 0. The molecule has 3 N–H and O–H groups in total. The van der Waals surface area contributed by atoms with E-state index in [-0.39, 0.29) is 11.9 Å². The molecule has 2 unspecified atom stereocenters. The highest BCUT2D eigenvalue weighted by Crippen LogP contribution is 2.28. The van der Waals surface area contributed by atoms with Crippen LogP contribution in [0.15, 0.2) is 18.2 Å². The third-order valence-corrected chi connectivity index (χ3v) is 3.17. The van der Waals surface area contributed by atoms with E-state index in [1.54, 1.807) is 6.07 Å². The van der Waals surface area contributed by atoms with Crippen molar-refractivity contribution in [3.05, 3.63) is 23.9 Å². The van der Waals surface area contributed by atoms with Crippen LogP contribution < -0.4 is 11.1 Å². The second kappa shape index (κ2) is 4.43. The minimum absolute atomic E-state index is 0.138. The Morgan fingerprint density at radius 3 is 3.00 bits per heavy atom. The minimum Gasteiger partial charge on any atom is -0.379 e. The molecule has 5 heteroatoms. The molecule has 1 aromatic heterocycles. The SMILES string of the molecule is Cc1cccc(NC(=O)C2(C)COCC2N)n1. The lowest BCUT2D eigenvalue weighted by atomic mass is 9.85. The van der Waals surface area contributed by atoms with Crippen molar-refractivity contribution < 1.29 is 9.53 Å². The Bertz CT molecular complexity index is 436. The number of pyridine rings is 1. The van der Waals surface area contributed by atoms with Crippen molar-refractivity contribution in [1.82, 2.24) is 4.98 Å². The lowest BCUT2D eigenvalue weighted by Gasteiger charge is -2.25. The topological polar surface area (TPSA) is 77.2 Å². The summed E-state index contributed by atoms with van der Waals surface area (Å²) >= 11 is 0. The van der Waals surface area contributed by atoms with Crippen LogP contribution >= 0.6 is 0 Å². The summed E-state index contributed by atoms with van der Waals surface area (Å²) in [6.07, 6.45) is 0. The normalized spacial score (nSPS) is 28.1. The maximum Gasteiger partial charge on any atom is 0.235 e. The molecule has 0 spiro atoms. The Kier molecular flexibility index (Phi) is 3.13. The number of anilines is 1. The Balaban J connectivity index is 2.12. The molecule has 92 valence electrons. The van der Waals surface area contributed by atoms with Gasteiger partial charge in [0.05, 0.1) is 18.6 Å². The molecule has 0 radical (unpaired) electrons. The molecule has 17 heavy (non-hydrogen) atoms. The number of rotatable bonds is 2. The highest BCUT2D eigenvalue weighted by Gasteiger charge is 2.44. The summed E-state index contributed by atoms with van der Waals surface area (Å²) in [6.45, 7) is 4.47. The first kappa shape index (κ1) is 12.0. The first-order chi connectivity index (χ1) is 8.02. The van der Waals surface area contributed by atoms with Crippen molar-refractivity contribution in [3.63, 3.8) is 0 Å². The zero-order valence-corrected chi connectivity index (χ0v) is 10.1. The molecule has 1 amide bonds. The van der Waals surface area contributed by atoms with Gasteiger partial charge in [-0.3, -0.25) is 4.79 Å². The van der Waals surface area contributed by atoms with E-state index in [1.165, 1.54) is 0 Å². The molecule has 5 nitrogen and oxygen atoms in total. The molecule has 2 heterocycles. The molecule has 2 rings (SSSR count). The largest absolute Gasteiger partial charge is 0.379 e. The summed E-state index contributed by atoms with van der Waals surface area (Å²) < 4.78 is 5.25. The number of nitrogens with zero attached hydrogens (tertiary/aromatic N) is 1. The lowest BCUT2D eigenvalue weighted by molar-refractivity contribution is -0.125. The summed E-state index contributed by atoms with van der Waals surface area (Å²) in [5.41, 5.74) is 6.08. The molecule has 1 aliphatic rings. The fourth-order valence-corrected chi connectivity index (χ4v) is 1.79. The van der Waals surface area contributed by atoms with Crippen LogP contribution in [0.4, 0.5) is 5.82 Å². The van der Waals surface area contributed by atoms with Crippen LogP contribution in [0, 0.1) is 12.3 Å². The molecule has 0 bridgehead atoms. The van der Waals surface area contributed by atoms with Crippen molar-refractivity contribution in [2.75, 3.05) is 18.5 Å². The van der Waals surface area contributed by atoms with Crippen LogP contribution in [-0.4, -0.2) is 30.1 Å². The minimum atomic E-state index is -0.675. The van der Waals surface area contributed by atoms with E-state index in [0.717, 1.165) is 5.69 Å². The smallest absolute Gasteiger partial charge is 0.235 e. The molecule has 1 saturated heterocycles. The van der Waals surface area contributed by atoms with Crippen molar-refractivity contribution in [1.29, 1.82) is 0 Å². The quantitative estimate of drug-likeness (QED) is 0.790. The van der Waals surface area contributed by atoms with Crippen molar-refractivity contribution >= 4 is 11.7 Å². The second-order valence-electron chi connectivity index (χ2n) is 4.66. The number of carbonyl (C=O) groups is 1. The van der Waals surface area contributed by atoms with Gasteiger partial charge in [-0.15, -0.1) is 0 Å². The summed E-state index contributed by atoms with van der Waals surface area (Å²) in [6, 6.07) is 5.22. The average Bonchev–Trinajstić information content (AvgIpc) is 2.60. The molecular formula is C12H17N3O2. The highest BCUT2D eigenvalue weighted by molar-refractivity contribution is 5.95. The maximum absolute atomic E-state index is 12.1. The fourth-order valence-electron chi connectivity index (χ4n) is 1.79. The van der Waals surface area contributed by atoms with Gasteiger partial charge < -0.3 is 15.8 Å². The van der Waals surface area contributed by atoms with E-state index >= 15 is 0 Å². The van der Waals surface area contributed by atoms with Crippen molar-refractivity contribution in [3.8, 4) is 0 Å². The van der Waals surface area contributed by atoms with Crippen molar-refractivity contribution in [2.24, 2.45) is 11.1 Å². The van der Waals surface area contributed by atoms with Crippen molar-refractivity contribution in [2.45, 2.75) is 19.9 Å². The van der Waals surface area contributed by atoms with Crippen LogP contribution in [0.25, 0.3) is 0 Å². The van der Waals surface area contributed by atoms with E-state index < -0.39 is 5.41 Å². The van der Waals surface area contributed by atoms with E-state index in [1.807, 2.05) is 26.0 Å². The number of carbonyl (C=O) groups excluding carboxylic acids is 1. The third kappa shape index (κ3) is 2.30. The average molecular weight is 235 g/mol. The van der Waals surface area contributed by atoms with Gasteiger partial charge in [-0.25, -0.2) is 4.98 Å². The van der Waals surface area contributed by atoms with E-state index in [4.69, 9.17) is 10.5 Å². The summed E-state index contributed by atoms with van der Waals surface area (Å²) in [5.74, 6) is 0.413. The van der Waals surface area contributed by atoms with Gasteiger partial charge in [-0.1, -0.05) is 6.07 Å². The van der Waals surface area contributed by atoms with Gasteiger partial charge in [0.1, 0.15) is 5.82 Å². The van der Waals surface area contributed by atoms with Gasteiger partial charge in [0.15, 0.2) is 0 Å². The van der Waals surface area contributed by atoms with Crippen LogP contribution in [-0.2, 0) is 9.53 Å². The van der Waals surface area contributed by atoms with Gasteiger partial charge in [-0.05, 0) is 26.0 Å². The lowest BCUT2D eigenvalue weighted by Crippen LogP contribution is -2.47. The molecule has 2 atom stereocenters. The number of ether oxygens (including phenoxy) is 1. The number of hydrogen-bond donors (Lipinski definition) is 2. The van der Waals surface area contributed by atoms with Crippen LogP contribution in [0.2, 0.25) is 0 Å². The van der Waals surface area contributed by atoms with E-state index in [9.17, 15) is 4.79 Å². The number of aryl methyl sites for hydroxylation is 1. The summed E-state index contributed by atoms with van der Waals surface area (Å²) in [5, 5.41) is 2.79. The van der Waals surface area contributed by atoms with E-state index in [0.29, 0.717) is 19.0 Å². The molecule has 0 saturated carbocycles. The van der Waals surface area contributed by atoms with Gasteiger partial charge in [0.25, 0.3) is 0 Å². The number of nitrogens with one attached hydrogen (secondary N) is 1. The van der Waals surface area contributed by atoms with Crippen LogP contribution in [0.5, 0.6) is 0 Å². The monoisotopic (exact) mass is 235 g/mol. The van der Waals surface area contributed by atoms with Gasteiger partial charge >= 0.3 is 0 Å². The predicted molar refractivity (Wildman–Crippen MR) is 64.5 cm³/mol.